The fourth-order valence-electron chi connectivity index (χ4n) is 9.33. The Balaban J connectivity index is 1.62. The molecule has 14 N–H and O–H groups in total. The van der Waals surface area contributed by atoms with Gasteiger partial charge >= 0.3 is 12.0 Å². The van der Waals surface area contributed by atoms with Crippen molar-refractivity contribution in [2.24, 2.45) is 29.2 Å². The van der Waals surface area contributed by atoms with Crippen LogP contribution in [0.25, 0.3) is 0 Å². The first-order chi connectivity index (χ1) is 34.5. The summed E-state index contributed by atoms with van der Waals surface area (Å²) in [7, 11) is 0. The van der Waals surface area contributed by atoms with E-state index in [1.807, 2.05) is 37.3 Å². The average Bonchev–Trinajstić information content (AvgIpc) is 3.32. The van der Waals surface area contributed by atoms with Crippen LogP contribution >= 0.6 is 0 Å². The van der Waals surface area contributed by atoms with E-state index >= 15 is 0 Å². The highest BCUT2D eigenvalue weighted by molar-refractivity contribution is 5.81. The SMILES string of the molecule is C[C@@H]1[C@H](O)[C@@H](C)/C=C/C=C/C=C/C=C/C=C/C=C/C=C/[C@H](O[C@@H]2O[C@H](C)[C@@H](O)[C@H](N)[C@@H]2O)C[C@@H]2O[C@](O)(C[C@@H](O)C[C@@H](O)[C@H](O)CC[C@@H](O)C[C@@H](O)CC(=O)O[C@H]1C)C[C@H](O)[C@H]2C(=O)N1CCN(C(N)=O)CC1. The molecule has 73 heavy (non-hydrogen) atoms. The lowest BCUT2D eigenvalue weighted by Crippen LogP contribution is -2.62. The van der Waals surface area contributed by atoms with Crippen LogP contribution in [0.1, 0.15) is 79.1 Å². The van der Waals surface area contributed by atoms with Crippen LogP contribution in [0.4, 0.5) is 4.79 Å². The Kier molecular flexibility index (Phi) is 25.1. The van der Waals surface area contributed by atoms with E-state index in [1.54, 1.807) is 75.5 Å². The molecule has 0 spiro atoms. The minimum Gasteiger partial charge on any atom is -0.462 e. The van der Waals surface area contributed by atoms with Gasteiger partial charge in [-0.05, 0) is 33.1 Å². The number of carbonyl (C=O) groups is 3. The summed E-state index contributed by atoms with van der Waals surface area (Å²) in [4.78, 5) is 41.7. The number of aliphatic hydroxyl groups excluding tert-OH is 9. The number of amides is 3. The Labute approximate surface area is 428 Å². The van der Waals surface area contributed by atoms with Crippen molar-refractivity contribution in [3.05, 3.63) is 85.1 Å². The number of fused-ring (bicyclic) bond motifs is 2. The number of rotatable bonds is 3. The summed E-state index contributed by atoms with van der Waals surface area (Å²) in [5, 5.41) is 110. The highest BCUT2D eigenvalue weighted by Gasteiger charge is 2.52. The van der Waals surface area contributed by atoms with E-state index in [9.17, 15) is 65.4 Å². The maximum absolute atomic E-state index is 14.3. The van der Waals surface area contributed by atoms with Crippen LogP contribution in [0.2, 0.25) is 0 Å². The molecule has 0 aromatic heterocycles. The third-order valence-corrected chi connectivity index (χ3v) is 13.9. The molecule has 3 saturated heterocycles. The molecule has 19 atom stereocenters. The molecule has 4 aliphatic heterocycles. The van der Waals surface area contributed by atoms with Crippen LogP contribution in [-0.4, -0.2) is 202 Å². The van der Waals surface area contributed by atoms with E-state index in [1.165, 1.54) is 9.80 Å². The second-order valence-corrected chi connectivity index (χ2v) is 19.9. The lowest BCUT2D eigenvalue weighted by molar-refractivity contribution is -0.308. The number of aliphatic hydroxyl groups is 10. The molecule has 0 radical (unpaired) electrons. The second-order valence-electron chi connectivity index (χ2n) is 19.9. The first-order valence-electron chi connectivity index (χ1n) is 25.3. The zero-order valence-electron chi connectivity index (χ0n) is 42.3. The van der Waals surface area contributed by atoms with Crippen LogP contribution in [0.15, 0.2) is 85.1 Å². The Morgan fingerprint density at radius 1 is 0.644 bits per heavy atom. The maximum atomic E-state index is 14.3. The van der Waals surface area contributed by atoms with Crippen LogP contribution in [0, 0.1) is 17.8 Å². The number of hydrogen-bond donors (Lipinski definition) is 12. The van der Waals surface area contributed by atoms with Gasteiger partial charge in [0.15, 0.2) is 12.1 Å². The predicted octanol–water partition coefficient (Wildman–Crippen LogP) is -0.150. The number of nitrogens with zero attached hydrogens (tertiary/aromatic N) is 2. The first-order valence-corrected chi connectivity index (χ1v) is 25.3. The van der Waals surface area contributed by atoms with Crippen molar-refractivity contribution >= 4 is 17.9 Å². The number of cyclic esters (lactones) is 1. The first kappa shape index (κ1) is 61.4. The molecule has 2 bridgehead atoms. The quantitative estimate of drug-likeness (QED) is 0.164. The van der Waals surface area contributed by atoms with Gasteiger partial charge in [0.1, 0.15) is 12.2 Å². The summed E-state index contributed by atoms with van der Waals surface area (Å²) in [5.41, 5.74) is 11.6. The number of carbonyl (C=O) groups excluding carboxylic acids is 3. The molecule has 3 amide bonds. The largest absolute Gasteiger partial charge is 0.462 e. The third-order valence-electron chi connectivity index (χ3n) is 13.9. The van der Waals surface area contributed by atoms with Crippen molar-refractivity contribution in [2.45, 2.75) is 177 Å². The summed E-state index contributed by atoms with van der Waals surface area (Å²) in [6, 6.07) is -1.81. The van der Waals surface area contributed by atoms with Crippen molar-refractivity contribution in [3.63, 3.8) is 0 Å². The van der Waals surface area contributed by atoms with Gasteiger partial charge in [-0.25, -0.2) is 4.79 Å². The van der Waals surface area contributed by atoms with Gasteiger partial charge in [-0.15, -0.1) is 0 Å². The summed E-state index contributed by atoms with van der Waals surface area (Å²) < 4.78 is 23.9. The molecule has 4 aliphatic rings. The van der Waals surface area contributed by atoms with E-state index < -0.39 is 153 Å². The lowest BCUT2D eigenvalue weighted by Gasteiger charge is -2.47. The van der Waals surface area contributed by atoms with E-state index in [2.05, 4.69) is 0 Å². The Hall–Kier alpha value is -4.17. The summed E-state index contributed by atoms with van der Waals surface area (Å²) in [6.07, 6.45) is 4.03. The molecule has 21 nitrogen and oxygen atoms in total. The van der Waals surface area contributed by atoms with Gasteiger partial charge in [0.05, 0.1) is 85.5 Å². The van der Waals surface area contributed by atoms with Crippen molar-refractivity contribution in [1.82, 2.24) is 9.80 Å². The molecule has 0 unspecified atom stereocenters. The molecular formula is C52H82N4O17. The number of piperazine rings is 1. The minimum atomic E-state index is -2.32. The zero-order valence-corrected chi connectivity index (χ0v) is 42.3. The molecule has 21 heteroatoms. The summed E-state index contributed by atoms with van der Waals surface area (Å²) in [5.74, 6) is -5.69. The maximum Gasteiger partial charge on any atom is 0.314 e. The smallest absolute Gasteiger partial charge is 0.314 e. The highest BCUT2D eigenvalue weighted by Crippen LogP contribution is 2.39. The normalized spacial score (nSPS) is 43.1. The van der Waals surface area contributed by atoms with Gasteiger partial charge in [0, 0.05) is 63.7 Å². The van der Waals surface area contributed by atoms with E-state index in [-0.39, 0.29) is 57.8 Å². The third kappa shape index (κ3) is 19.5. The van der Waals surface area contributed by atoms with Crippen LogP contribution in [-0.2, 0) is 28.5 Å². The number of hydrogen-bond acceptors (Lipinski definition) is 18. The van der Waals surface area contributed by atoms with Gasteiger partial charge in [-0.2, -0.15) is 0 Å². The number of allylic oxidation sites excluding steroid dienone is 12. The standard InChI is InChI=1S/C52H82N4O17/c1-31-17-15-13-11-9-7-5-6-8-10-12-14-16-18-38(72-50-48(66)45(53)47(65)34(4)71-50)28-42-44(49(67)55-21-23-56(24-22-55)51(54)68)41(62)30-52(69,73-42)29-37(59)26-40(61)39(60)20-19-35(57)25-36(58)27-43(63)70-33(3)32(2)46(31)64/h5-18,31-42,44-48,50,57-62,64-66,69H,19-30,53H2,1-4H3,(H2,54,68)/b6-5+,9-7+,10-8+,13-11+,14-12+,17-15+,18-16+/t31-,32-,33-,34+,35+,36+,37-,38-,39+,40+,41-,42-,44+,45-,46+,47+,48-,50-,52+/m0/s1. The Morgan fingerprint density at radius 3 is 1.79 bits per heavy atom. The average molecular weight is 1040 g/mol. The summed E-state index contributed by atoms with van der Waals surface area (Å²) >= 11 is 0. The summed E-state index contributed by atoms with van der Waals surface area (Å²) in [6.45, 7) is 7.18. The number of nitrogens with two attached hydrogens (primary N) is 2. The topological polar surface area (TPSA) is 349 Å². The molecule has 0 aromatic rings. The molecule has 4 rings (SSSR count). The second kappa shape index (κ2) is 29.8. The van der Waals surface area contributed by atoms with Crippen molar-refractivity contribution < 1.29 is 84.4 Å². The molecule has 3 fully saturated rings. The van der Waals surface area contributed by atoms with Gasteiger partial charge in [0.2, 0.25) is 5.91 Å². The highest BCUT2D eigenvalue weighted by atomic mass is 16.7. The molecular weight excluding hydrogens is 953 g/mol. The van der Waals surface area contributed by atoms with Crippen molar-refractivity contribution in [3.8, 4) is 0 Å². The Bertz CT molecular complexity index is 1940. The molecule has 4 heterocycles. The van der Waals surface area contributed by atoms with E-state index in [0.717, 1.165) is 0 Å². The van der Waals surface area contributed by atoms with E-state index in [4.69, 9.17) is 30.4 Å². The predicted molar refractivity (Wildman–Crippen MR) is 267 cm³/mol. The number of primary amides is 1. The number of urea groups is 1. The lowest BCUT2D eigenvalue weighted by atomic mass is 9.81. The molecule has 0 saturated carbocycles. The number of ether oxygens (including phenoxy) is 4. The van der Waals surface area contributed by atoms with Crippen LogP contribution in [0.3, 0.4) is 0 Å². The van der Waals surface area contributed by atoms with E-state index in [0.29, 0.717) is 0 Å². The fourth-order valence-corrected chi connectivity index (χ4v) is 9.33. The van der Waals surface area contributed by atoms with Crippen molar-refractivity contribution in [1.29, 1.82) is 0 Å². The molecule has 412 valence electrons. The van der Waals surface area contributed by atoms with Crippen molar-refractivity contribution in [2.75, 3.05) is 26.2 Å². The Morgan fingerprint density at radius 2 is 1.21 bits per heavy atom. The van der Waals surface area contributed by atoms with Gasteiger partial charge in [-0.3, -0.25) is 9.59 Å². The fraction of sp³-hybridized carbons (Fsp3) is 0.673. The minimum absolute atomic E-state index is 0.0796. The van der Waals surface area contributed by atoms with Gasteiger partial charge in [0.25, 0.3) is 0 Å². The zero-order chi connectivity index (χ0) is 54.0. The molecule has 0 aliphatic carbocycles. The van der Waals surface area contributed by atoms with Crippen LogP contribution < -0.4 is 11.5 Å². The number of esters is 1. The van der Waals surface area contributed by atoms with Crippen LogP contribution in [0.5, 0.6) is 0 Å². The monoisotopic (exact) mass is 1030 g/mol. The molecule has 0 aromatic carbocycles. The van der Waals surface area contributed by atoms with Gasteiger partial charge in [-0.1, -0.05) is 98.9 Å². The van der Waals surface area contributed by atoms with Gasteiger partial charge < -0.3 is 91.3 Å².